The topological polar surface area (TPSA) is 214 Å². The number of benzene rings is 4. The summed E-state index contributed by atoms with van der Waals surface area (Å²) in [6, 6.07) is 25.3. The Morgan fingerprint density at radius 1 is 0.974 bits per heavy atom. The normalized spacial score (nSPS) is 15.8. The number of halogens is 3. The molecule has 0 bridgehead atoms. The van der Waals surface area contributed by atoms with E-state index in [4.69, 9.17) is 10.5 Å². The molecule has 1 fully saturated rings. The number of thiazole rings is 1. The maximum atomic E-state index is 14.4. The number of nitrogens with two attached hydrogens (primary N) is 1. The molecule has 76 heavy (non-hydrogen) atoms. The summed E-state index contributed by atoms with van der Waals surface area (Å²) in [6.45, 7) is 13.9. The Morgan fingerprint density at radius 2 is 1.67 bits per heavy atom. The van der Waals surface area contributed by atoms with Crippen LogP contribution in [0.1, 0.15) is 96.4 Å². The van der Waals surface area contributed by atoms with Crippen LogP contribution < -0.4 is 31.1 Å². The lowest BCUT2D eigenvalue weighted by Crippen LogP contribution is -2.57. The van der Waals surface area contributed by atoms with Crippen molar-refractivity contribution in [3.63, 3.8) is 0 Å². The third kappa shape index (κ3) is 12.8. The number of H-pyrrole nitrogens is 1. The first-order chi connectivity index (χ1) is 36.3. The summed E-state index contributed by atoms with van der Waals surface area (Å²) in [4.78, 5) is 62.1. The zero-order valence-corrected chi connectivity index (χ0v) is 44.6. The van der Waals surface area contributed by atoms with Gasteiger partial charge in [0.1, 0.15) is 35.3 Å². The highest BCUT2D eigenvalue weighted by Gasteiger charge is 2.44. The van der Waals surface area contributed by atoms with Gasteiger partial charge in [0, 0.05) is 46.9 Å². The van der Waals surface area contributed by atoms with E-state index in [9.17, 15) is 32.3 Å². The molecule has 0 radical (unpaired) electrons. The molecule has 0 aliphatic carbocycles. The molecule has 1 aliphatic rings. The molecule has 1 aliphatic heterocycles. The minimum absolute atomic E-state index is 0.00248. The number of carbonyl (C=O) groups excluding carboxylic acids is 4. The summed E-state index contributed by atoms with van der Waals surface area (Å²) in [5.41, 5.74) is 12.6. The summed E-state index contributed by atoms with van der Waals surface area (Å²) < 4.78 is 52.2. The molecule has 0 spiro atoms. The second kappa shape index (κ2) is 23.4. The van der Waals surface area contributed by atoms with Crippen molar-refractivity contribution < 1.29 is 37.1 Å². The average molecular weight is 1080 g/mol. The first-order valence-electron chi connectivity index (χ1n) is 24.5. The lowest BCUT2D eigenvalue weighted by Gasteiger charge is -2.35. The zero-order valence-electron chi connectivity index (χ0n) is 43.0. The van der Waals surface area contributed by atoms with Crippen LogP contribution in [0, 0.1) is 24.1 Å². The summed E-state index contributed by atoms with van der Waals surface area (Å²) >= 11 is 1.59. The zero-order chi connectivity index (χ0) is 54.4. The van der Waals surface area contributed by atoms with Gasteiger partial charge in [0.05, 0.1) is 29.1 Å². The molecule has 1 saturated heterocycles. The van der Waals surface area contributed by atoms with E-state index in [0.29, 0.717) is 48.6 Å². The van der Waals surface area contributed by atoms with Crippen molar-refractivity contribution in [1.29, 1.82) is 0 Å². The fourth-order valence-corrected chi connectivity index (χ4v) is 10.3. The quantitative estimate of drug-likeness (QED) is 0.0422. The monoisotopic (exact) mass is 1080 g/mol. The highest BCUT2D eigenvalue weighted by molar-refractivity contribution is 8.16. The lowest BCUT2D eigenvalue weighted by atomic mass is 9.85. The highest BCUT2D eigenvalue weighted by atomic mass is 32.2. The Hall–Kier alpha value is -7.78. The number of aryl methyl sites for hydroxylation is 1. The van der Waals surface area contributed by atoms with Crippen molar-refractivity contribution in [2.75, 3.05) is 16.6 Å². The second-order valence-corrected chi connectivity index (χ2v) is 22.5. The molecule has 21 heteroatoms. The number of carbonyl (C=O) groups is 4. The molecule has 7 N–H and O–H groups in total. The van der Waals surface area contributed by atoms with Gasteiger partial charge in [-0.05, 0) is 108 Å². The van der Waals surface area contributed by atoms with Gasteiger partial charge in [0.25, 0.3) is 17.6 Å². The van der Waals surface area contributed by atoms with Gasteiger partial charge >= 0.3 is 0 Å². The lowest BCUT2D eigenvalue weighted by molar-refractivity contribution is -0.142. The predicted octanol–water partition coefficient (Wildman–Crippen LogP) is 10.2. The summed E-state index contributed by atoms with van der Waals surface area (Å²) in [6.07, 6.45) is 1.59. The molecule has 4 aromatic carbocycles. The highest BCUT2D eigenvalue weighted by Crippen LogP contribution is 2.39. The number of anilines is 3. The van der Waals surface area contributed by atoms with Crippen LogP contribution in [0.15, 0.2) is 109 Å². The number of nitrogens with one attached hydrogen (secondary N) is 5. The van der Waals surface area contributed by atoms with Gasteiger partial charge in [-0.2, -0.15) is 19.0 Å². The van der Waals surface area contributed by atoms with E-state index in [0.717, 1.165) is 27.3 Å². The minimum Gasteiger partial charge on any atom is -0.484 e. The van der Waals surface area contributed by atoms with Gasteiger partial charge in [-0.15, -0.1) is 11.3 Å². The molecular formula is C55H60F3N11O5S2. The fourth-order valence-electron chi connectivity index (χ4n) is 8.89. The second-order valence-electron chi connectivity index (χ2n) is 19.7. The van der Waals surface area contributed by atoms with Crippen LogP contribution in [0.3, 0.4) is 0 Å². The number of amides is 4. The standard InChI is InChI=1S/C55H60F3N11O5S2/c1-8-76(54(57)58)67-41-22-19-39(26-43(41)74-32(3)36-17-20-40(56)21-18-36)47-45(49(59)70)50(65-64-47)62-44-23-24-68(66-44)29-35-11-15-38(16-12-35)51(71)63-48(55(5,6)7)53(73)69-28-31(2)25-42(69)52(72)60-27-34-9-13-37(14-10-34)46-33(4)75-30-61-46/h8-24,26,30-32,42,48,54,67H,25,27-29H2,1-7H3,(H2,59,70)(H,60,72)(H,63,71)(H2,62,64,65,66)/t31-,32+,42+,48-,76?/m1/s1. The SMILES string of the molecule is CC=S(Nc1ccc(-c2[nH]nc(Nc3ccn(Cc4ccc(C(=O)N[C@H](C(=O)N5C[C@H](C)C[C@H]5C(=O)NCc5ccc(-c6ncsc6C)cc5)C(C)(C)C)cc4)n3)c2C(N)=O)cc1O[C@@H](C)c1ccc(F)cc1)C(F)F. The van der Waals surface area contributed by atoms with Crippen molar-refractivity contribution >= 4 is 68.3 Å². The van der Waals surface area contributed by atoms with E-state index in [-0.39, 0.29) is 46.2 Å². The van der Waals surface area contributed by atoms with Crippen LogP contribution in [-0.2, 0) is 22.7 Å². The summed E-state index contributed by atoms with van der Waals surface area (Å²) in [5.74, 6) is -4.25. The largest absolute Gasteiger partial charge is 0.484 e. The smallest absolute Gasteiger partial charge is 0.296 e. The van der Waals surface area contributed by atoms with Gasteiger partial charge in [-0.1, -0.05) is 82.3 Å². The van der Waals surface area contributed by atoms with Gasteiger partial charge in [-0.25, -0.2) is 9.37 Å². The first kappa shape index (κ1) is 54.5. The van der Waals surface area contributed by atoms with Crippen LogP contribution in [0.5, 0.6) is 5.75 Å². The molecule has 4 amide bonds. The maximum Gasteiger partial charge on any atom is 0.296 e. The molecule has 4 heterocycles. The van der Waals surface area contributed by atoms with E-state index in [1.807, 2.05) is 64.4 Å². The summed E-state index contributed by atoms with van der Waals surface area (Å²) in [7, 11) is -1.61. The van der Waals surface area contributed by atoms with Crippen molar-refractivity contribution in [3.05, 3.63) is 147 Å². The Labute approximate surface area is 445 Å². The van der Waals surface area contributed by atoms with Crippen LogP contribution in [-0.4, -0.2) is 83.2 Å². The first-order valence-corrected chi connectivity index (χ1v) is 26.8. The van der Waals surface area contributed by atoms with Gasteiger partial charge in [-0.3, -0.25) is 29.0 Å². The van der Waals surface area contributed by atoms with Crippen LogP contribution in [0.25, 0.3) is 22.5 Å². The van der Waals surface area contributed by atoms with Crippen molar-refractivity contribution in [3.8, 4) is 28.3 Å². The molecule has 1 unspecified atom stereocenters. The third-order valence-corrected chi connectivity index (χ3v) is 15.1. The average Bonchev–Trinajstić information content (AvgIpc) is 4.22. The number of alkyl halides is 2. The molecule has 3 aromatic heterocycles. The van der Waals surface area contributed by atoms with Gasteiger partial charge in [0.2, 0.25) is 11.8 Å². The van der Waals surface area contributed by atoms with E-state index in [2.05, 4.69) is 41.0 Å². The van der Waals surface area contributed by atoms with Crippen molar-refractivity contribution in [2.45, 2.75) is 91.9 Å². The number of likely N-dealkylation sites (tertiary alicyclic amines) is 1. The van der Waals surface area contributed by atoms with Crippen LogP contribution in [0.2, 0.25) is 0 Å². The number of aromatic nitrogens is 5. The Morgan fingerprint density at radius 3 is 2.32 bits per heavy atom. The maximum absolute atomic E-state index is 14.4. The molecule has 7 aromatic rings. The third-order valence-electron chi connectivity index (χ3n) is 13.0. The number of primary amides is 1. The Kier molecular flexibility index (Phi) is 16.8. The summed E-state index contributed by atoms with van der Waals surface area (Å²) in [5, 5.41) is 22.2. The molecular weight excluding hydrogens is 1020 g/mol. The minimum atomic E-state index is -2.69. The number of nitrogens with zero attached hydrogens (tertiary/aromatic N) is 5. The van der Waals surface area contributed by atoms with E-state index < -0.39 is 57.7 Å². The van der Waals surface area contributed by atoms with Gasteiger partial charge in [0.15, 0.2) is 11.6 Å². The molecule has 0 saturated carbocycles. The van der Waals surface area contributed by atoms with Gasteiger partial charge < -0.3 is 36.0 Å². The molecule has 8 rings (SSSR count). The number of rotatable bonds is 19. The van der Waals surface area contributed by atoms with Crippen LogP contribution >= 0.6 is 22.0 Å². The van der Waals surface area contributed by atoms with Crippen molar-refractivity contribution in [1.82, 2.24) is 40.5 Å². The molecule has 16 nitrogen and oxygen atoms in total. The number of hydrogen-bond donors (Lipinski definition) is 6. The Bertz CT molecular complexity index is 3240. The number of aromatic amines is 1. The number of hydrogen-bond acceptors (Lipinski definition) is 11. The fraction of sp³-hybridized carbons (Fsp3) is 0.309. The predicted molar refractivity (Wildman–Crippen MR) is 292 cm³/mol. The van der Waals surface area contributed by atoms with E-state index >= 15 is 0 Å². The molecule has 5 atom stereocenters. The molecule has 398 valence electrons. The van der Waals surface area contributed by atoms with Crippen LogP contribution in [0.4, 0.5) is 30.5 Å². The van der Waals surface area contributed by atoms with Crippen molar-refractivity contribution in [2.24, 2.45) is 17.1 Å². The van der Waals surface area contributed by atoms with E-state index in [1.165, 1.54) is 24.4 Å². The Balaban J connectivity index is 0.906. The number of ether oxygens (including phenoxy) is 1. The van der Waals surface area contributed by atoms with E-state index in [1.54, 1.807) is 94.7 Å².